The third-order valence-electron chi connectivity index (χ3n) is 6.82. The van der Waals surface area contributed by atoms with Crippen LogP contribution in [-0.4, -0.2) is 34.9 Å². The molecule has 0 bridgehead atoms. The molecule has 1 aromatic heterocycles. The van der Waals surface area contributed by atoms with Gasteiger partial charge in [0.05, 0.1) is 6.20 Å². The van der Waals surface area contributed by atoms with E-state index < -0.39 is 5.60 Å². The van der Waals surface area contributed by atoms with Gasteiger partial charge in [-0.2, -0.15) is 0 Å². The standard InChI is InChI=1S/C28H34N2O3/c1-30(21-23-14-12-22(13-15-23)17-19-31)18-16-26-20-29-27(33-26)28(32,24-8-4-2-5-9-24)25-10-6-3-7-11-25/h2,4-5,8-9,12-15,19-20,25,32H,3,6-7,10-11,16-18,21H2,1H3/t28-/m0/s1. The molecule has 0 aliphatic heterocycles. The van der Waals surface area contributed by atoms with E-state index in [4.69, 9.17) is 4.42 Å². The zero-order chi connectivity index (χ0) is 23.1. The molecule has 2 aromatic carbocycles. The summed E-state index contributed by atoms with van der Waals surface area (Å²) in [6, 6.07) is 18.0. The van der Waals surface area contributed by atoms with E-state index >= 15 is 0 Å². The highest BCUT2D eigenvalue weighted by Crippen LogP contribution is 2.43. The van der Waals surface area contributed by atoms with Crippen LogP contribution in [0.5, 0.6) is 0 Å². The second-order valence-electron chi connectivity index (χ2n) is 9.27. The number of carbonyl (C=O) groups is 1. The fourth-order valence-corrected chi connectivity index (χ4v) is 4.91. The molecular formula is C28H34N2O3. The van der Waals surface area contributed by atoms with Gasteiger partial charge >= 0.3 is 0 Å². The number of likely N-dealkylation sites (N-methyl/N-ethyl adjacent to an activating group) is 1. The molecule has 0 saturated heterocycles. The SMILES string of the molecule is CN(CCc1cnc([C@](O)(c2ccccc2)C2CCCCC2)o1)Cc1ccc(CC=O)cc1. The van der Waals surface area contributed by atoms with E-state index in [0.717, 1.165) is 68.4 Å². The maximum Gasteiger partial charge on any atom is 0.231 e. The Kier molecular flexibility index (Phi) is 7.73. The molecule has 0 radical (unpaired) electrons. The van der Waals surface area contributed by atoms with E-state index in [0.29, 0.717) is 12.3 Å². The van der Waals surface area contributed by atoms with Crippen molar-refractivity contribution in [3.8, 4) is 0 Å². The van der Waals surface area contributed by atoms with Gasteiger partial charge in [-0.25, -0.2) is 4.98 Å². The summed E-state index contributed by atoms with van der Waals surface area (Å²) in [6.07, 6.45) is 9.35. The van der Waals surface area contributed by atoms with Crippen molar-refractivity contribution in [1.29, 1.82) is 0 Å². The summed E-state index contributed by atoms with van der Waals surface area (Å²) < 4.78 is 6.18. The molecule has 3 aromatic rings. The van der Waals surface area contributed by atoms with E-state index in [-0.39, 0.29) is 5.92 Å². The van der Waals surface area contributed by atoms with Crippen molar-refractivity contribution in [2.75, 3.05) is 13.6 Å². The molecule has 1 N–H and O–H groups in total. The first-order valence-electron chi connectivity index (χ1n) is 12.0. The van der Waals surface area contributed by atoms with Crippen molar-refractivity contribution in [2.45, 2.75) is 57.1 Å². The second-order valence-corrected chi connectivity index (χ2v) is 9.27. The molecule has 1 fully saturated rings. The Morgan fingerprint density at radius 1 is 1.06 bits per heavy atom. The highest BCUT2D eigenvalue weighted by molar-refractivity contribution is 5.54. The van der Waals surface area contributed by atoms with Gasteiger partial charge in [-0.3, -0.25) is 0 Å². The number of aliphatic hydroxyl groups is 1. The molecule has 0 spiro atoms. The maximum absolute atomic E-state index is 11.9. The lowest BCUT2D eigenvalue weighted by Gasteiger charge is -2.36. The van der Waals surface area contributed by atoms with Crippen LogP contribution in [0.15, 0.2) is 65.2 Å². The molecule has 5 heteroatoms. The van der Waals surface area contributed by atoms with Crippen molar-refractivity contribution >= 4 is 6.29 Å². The molecule has 174 valence electrons. The Bertz CT molecular complexity index is 1010. The van der Waals surface area contributed by atoms with Crippen LogP contribution in [0.25, 0.3) is 0 Å². The first-order chi connectivity index (χ1) is 16.1. The highest BCUT2D eigenvalue weighted by atomic mass is 16.4. The number of nitrogens with zero attached hydrogens (tertiary/aromatic N) is 2. The van der Waals surface area contributed by atoms with Crippen molar-refractivity contribution in [1.82, 2.24) is 9.88 Å². The lowest BCUT2D eigenvalue weighted by molar-refractivity contribution is -0.107. The van der Waals surface area contributed by atoms with Crippen LogP contribution in [0, 0.1) is 5.92 Å². The molecular weight excluding hydrogens is 412 g/mol. The van der Waals surface area contributed by atoms with Crippen molar-refractivity contribution in [2.24, 2.45) is 5.92 Å². The number of carbonyl (C=O) groups excluding carboxylic acids is 1. The summed E-state index contributed by atoms with van der Waals surface area (Å²) in [7, 11) is 2.08. The Morgan fingerprint density at radius 2 is 1.76 bits per heavy atom. The average Bonchev–Trinajstić information content (AvgIpc) is 3.34. The molecule has 1 saturated carbocycles. The number of benzene rings is 2. The van der Waals surface area contributed by atoms with Crippen LogP contribution in [-0.2, 0) is 29.8 Å². The monoisotopic (exact) mass is 446 g/mol. The van der Waals surface area contributed by atoms with E-state index in [2.05, 4.69) is 29.1 Å². The van der Waals surface area contributed by atoms with E-state index in [1.54, 1.807) is 6.20 Å². The molecule has 1 aliphatic rings. The molecule has 1 aliphatic carbocycles. The van der Waals surface area contributed by atoms with E-state index in [1.165, 1.54) is 12.0 Å². The number of hydrogen-bond acceptors (Lipinski definition) is 5. The summed E-state index contributed by atoms with van der Waals surface area (Å²) in [5, 5.41) is 11.9. The van der Waals surface area contributed by atoms with Crippen molar-refractivity contribution in [3.05, 3.63) is 89.1 Å². The van der Waals surface area contributed by atoms with Crippen LogP contribution in [0.4, 0.5) is 0 Å². The quantitative estimate of drug-likeness (QED) is 0.449. The Morgan fingerprint density at radius 3 is 2.45 bits per heavy atom. The van der Waals surface area contributed by atoms with E-state index in [9.17, 15) is 9.90 Å². The molecule has 5 nitrogen and oxygen atoms in total. The molecule has 1 heterocycles. The van der Waals surface area contributed by atoms with Gasteiger partial charge in [0.15, 0.2) is 5.60 Å². The second kappa shape index (κ2) is 10.9. The first kappa shape index (κ1) is 23.4. The minimum Gasteiger partial charge on any atom is -0.442 e. The largest absolute Gasteiger partial charge is 0.442 e. The van der Waals surface area contributed by atoms with Crippen LogP contribution >= 0.6 is 0 Å². The van der Waals surface area contributed by atoms with Crippen LogP contribution < -0.4 is 0 Å². The number of oxazole rings is 1. The van der Waals surface area contributed by atoms with Gasteiger partial charge in [-0.15, -0.1) is 0 Å². The summed E-state index contributed by atoms with van der Waals surface area (Å²) >= 11 is 0. The lowest BCUT2D eigenvalue weighted by Crippen LogP contribution is -2.38. The fraction of sp³-hybridized carbons (Fsp3) is 0.429. The highest BCUT2D eigenvalue weighted by Gasteiger charge is 2.44. The normalized spacial score (nSPS) is 16.6. The van der Waals surface area contributed by atoms with Gasteiger partial charge in [-0.05, 0) is 36.6 Å². The average molecular weight is 447 g/mol. The number of rotatable bonds is 10. The Hall–Kier alpha value is -2.76. The zero-order valence-electron chi connectivity index (χ0n) is 19.5. The van der Waals surface area contributed by atoms with Crippen molar-refractivity contribution in [3.63, 3.8) is 0 Å². The van der Waals surface area contributed by atoms with Gasteiger partial charge in [0.2, 0.25) is 5.89 Å². The molecule has 4 rings (SSSR count). The summed E-state index contributed by atoms with van der Waals surface area (Å²) in [5.41, 5.74) is 1.92. The lowest BCUT2D eigenvalue weighted by atomic mass is 9.73. The summed E-state index contributed by atoms with van der Waals surface area (Å²) in [5.74, 6) is 1.33. The van der Waals surface area contributed by atoms with Crippen LogP contribution in [0.1, 0.15) is 60.4 Å². The van der Waals surface area contributed by atoms with Gasteiger partial charge in [0.25, 0.3) is 0 Å². The molecule has 0 unspecified atom stereocenters. The Labute approximate surface area is 196 Å². The molecule has 1 atom stereocenters. The molecule has 0 amide bonds. The smallest absolute Gasteiger partial charge is 0.231 e. The van der Waals surface area contributed by atoms with Gasteiger partial charge in [0, 0.05) is 31.8 Å². The predicted molar refractivity (Wildman–Crippen MR) is 129 cm³/mol. The predicted octanol–water partition coefficient (Wildman–Crippen LogP) is 4.91. The van der Waals surface area contributed by atoms with Crippen molar-refractivity contribution < 1.29 is 14.3 Å². The van der Waals surface area contributed by atoms with Gasteiger partial charge < -0.3 is 19.2 Å². The topological polar surface area (TPSA) is 66.6 Å². The Balaban J connectivity index is 1.42. The van der Waals surface area contributed by atoms with Crippen LogP contribution in [0.2, 0.25) is 0 Å². The minimum absolute atomic E-state index is 0.116. The first-order valence-corrected chi connectivity index (χ1v) is 12.0. The van der Waals surface area contributed by atoms with Gasteiger partial charge in [0.1, 0.15) is 12.0 Å². The fourth-order valence-electron chi connectivity index (χ4n) is 4.91. The van der Waals surface area contributed by atoms with Gasteiger partial charge in [-0.1, -0.05) is 73.9 Å². The number of aromatic nitrogens is 1. The summed E-state index contributed by atoms with van der Waals surface area (Å²) in [4.78, 5) is 17.5. The number of aldehydes is 1. The minimum atomic E-state index is -1.19. The zero-order valence-corrected chi connectivity index (χ0v) is 19.5. The van der Waals surface area contributed by atoms with E-state index in [1.807, 2.05) is 42.5 Å². The third kappa shape index (κ3) is 5.60. The van der Waals surface area contributed by atoms with Crippen LogP contribution in [0.3, 0.4) is 0 Å². The maximum atomic E-state index is 11.9. The number of hydrogen-bond donors (Lipinski definition) is 1. The molecule has 33 heavy (non-hydrogen) atoms. The summed E-state index contributed by atoms with van der Waals surface area (Å²) in [6.45, 7) is 1.64. The third-order valence-corrected chi connectivity index (χ3v) is 6.82.